The SMILES string of the molecule is CCOc1cc2ccc(Br)c(Br)c2s1. The highest BCUT2D eigenvalue weighted by atomic mass is 79.9. The van der Waals surface area contributed by atoms with E-state index in [4.69, 9.17) is 4.74 Å². The second-order valence-electron chi connectivity index (χ2n) is 2.78. The Morgan fingerprint density at radius 1 is 1.36 bits per heavy atom. The van der Waals surface area contributed by atoms with Gasteiger partial charge in [0.25, 0.3) is 0 Å². The van der Waals surface area contributed by atoms with Crippen molar-refractivity contribution in [3.05, 3.63) is 27.1 Å². The van der Waals surface area contributed by atoms with Crippen molar-refractivity contribution in [1.82, 2.24) is 0 Å². The lowest BCUT2D eigenvalue weighted by atomic mass is 10.3. The van der Waals surface area contributed by atoms with Gasteiger partial charge in [0.1, 0.15) is 0 Å². The molecule has 2 aromatic rings. The smallest absolute Gasteiger partial charge is 0.174 e. The molecule has 0 saturated heterocycles. The fourth-order valence-corrected chi connectivity index (χ4v) is 3.31. The zero-order valence-corrected chi connectivity index (χ0v) is 11.5. The van der Waals surface area contributed by atoms with Crippen LogP contribution >= 0.6 is 43.2 Å². The summed E-state index contributed by atoms with van der Waals surface area (Å²) in [6, 6.07) is 6.19. The summed E-state index contributed by atoms with van der Waals surface area (Å²) in [5, 5.41) is 2.19. The molecule has 0 atom stereocenters. The van der Waals surface area contributed by atoms with Crippen LogP contribution in [0.1, 0.15) is 6.92 Å². The number of ether oxygens (including phenoxy) is 1. The number of rotatable bonds is 2. The summed E-state index contributed by atoms with van der Waals surface area (Å²) < 4.78 is 8.87. The molecule has 0 aliphatic carbocycles. The molecule has 1 nitrogen and oxygen atoms in total. The summed E-state index contributed by atoms with van der Waals surface area (Å²) in [7, 11) is 0. The van der Waals surface area contributed by atoms with Crippen molar-refractivity contribution in [1.29, 1.82) is 0 Å². The zero-order valence-electron chi connectivity index (χ0n) is 7.51. The van der Waals surface area contributed by atoms with Crippen LogP contribution in [0.4, 0.5) is 0 Å². The Morgan fingerprint density at radius 2 is 2.14 bits per heavy atom. The van der Waals surface area contributed by atoms with Crippen molar-refractivity contribution in [3.63, 3.8) is 0 Å². The van der Waals surface area contributed by atoms with E-state index in [1.165, 1.54) is 10.1 Å². The fourth-order valence-electron chi connectivity index (χ4n) is 1.23. The average molecular weight is 336 g/mol. The van der Waals surface area contributed by atoms with Crippen LogP contribution in [-0.4, -0.2) is 6.61 Å². The summed E-state index contributed by atoms with van der Waals surface area (Å²) in [5.41, 5.74) is 0. The van der Waals surface area contributed by atoms with Crippen LogP contribution in [0.5, 0.6) is 5.06 Å². The third kappa shape index (κ3) is 1.83. The van der Waals surface area contributed by atoms with Gasteiger partial charge in [0.2, 0.25) is 0 Å². The van der Waals surface area contributed by atoms with E-state index in [9.17, 15) is 0 Å². The number of halogens is 2. The Labute approximate surface area is 103 Å². The quantitative estimate of drug-likeness (QED) is 0.764. The second kappa shape index (κ2) is 4.21. The van der Waals surface area contributed by atoms with Crippen LogP contribution in [0.2, 0.25) is 0 Å². The van der Waals surface area contributed by atoms with E-state index in [0.29, 0.717) is 6.61 Å². The van der Waals surface area contributed by atoms with Gasteiger partial charge in [-0.1, -0.05) is 17.4 Å². The number of fused-ring (bicyclic) bond motifs is 1. The summed E-state index contributed by atoms with van der Waals surface area (Å²) in [6.07, 6.45) is 0. The molecule has 0 radical (unpaired) electrons. The molecule has 0 fully saturated rings. The molecule has 4 heteroatoms. The Bertz CT molecular complexity index is 464. The van der Waals surface area contributed by atoms with E-state index in [-0.39, 0.29) is 0 Å². The number of benzene rings is 1. The highest BCUT2D eigenvalue weighted by Gasteiger charge is 2.07. The predicted octanol–water partition coefficient (Wildman–Crippen LogP) is 4.83. The van der Waals surface area contributed by atoms with Crippen molar-refractivity contribution in [3.8, 4) is 5.06 Å². The van der Waals surface area contributed by atoms with E-state index in [0.717, 1.165) is 14.0 Å². The molecule has 0 bridgehead atoms. The first-order valence-corrected chi connectivity index (χ1v) is 6.63. The maximum absolute atomic E-state index is 5.47. The fraction of sp³-hybridized carbons (Fsp3) is 0.200. The lowest BCUT2D eigenvalue weighted by molar-refractivity contribution is 0.350. The Balaban J connectivity index is 2.59. The summed E-state index contributed by atoms with van der Waals surface area (Å²) >= 11 is 8.70. The molecule has 0 aliphatic rings. The summed E-state index contributed by atoms with van der Waals surface area (Å²) in [5.74, 6) is 0. The molecule has 0 aliphatic heterocycles. The molecule has 1 heterocycles. The van der Waals surface area contributed by atoms with Gasteiger partial charge in [0, 0.05) is 8.95 Å². The molecule has 1 aromatic heterocycles. The molecular formula is C10H8Br2OS. The molecule has 0 unspecified atom stereocenters. The Hall–Kier alpha value is -0.0600. The minimum Gasteiger partial charge on any atom is -0.484 e. The van der Waals surface area contributed by atoms with Crippen molar-refractivity contribution in [2.45, 2.75) is 6.92 Å². The van der Waals surface area contributed by atoms with Gasteiger partial charge >= 0.3 is 0 Å². The number of hydrogen-bond acceptors (Lipinski definition) is 2. The Morgan fingerprint density at radius 3 is 2.86 bits per heavy atom. The van der Waals surface area contributed by atoms with Crippen LogP contribution < -0.4 is 4.74 Å². The van der Waals surface area contributed by atoms with E-state index in [2.05, 4.69) is 44.0 Å². The molecule has 1 aromatic carbocycles. The van der Waals surface area contributed by atoms with Crippen LogP contribution in [0.15, 0.2) is 27.1 Å². The molecule has 0 N–H and O–H groups in total. The molecule has 14 heavy (non-hydrogen) atoms. The minimum atomic E-state index is 0.714. The Kier molecular flexibility index (Phi) is 3.14. The van der Waals surface area contributed by atoms with Gasteiger partial charge in [0.05, 0.1) is 11.3 Å². The maximum atomic E-state index is 5.47. The van der Waals surface area contributed by atoms with Crippen LogP contribution in [-0.2, 0) is 0 Å². The van der Waals surface area contributed by atoms with Gasteiger partial charge in [-0.2, -0.15) is 0 Å². The first kappa shape index (κ1) is 10.5. The molecule has 0 spiro atoms. The van der Waals surface area contributed by atoms with Crippen LogP contribution in [0, 0.1) is 0 Å². The number of thiophene rings is 1. The lowest BCUT2D eigenvalue weighted by Gasteiger charge is -1.96. The van der Waals surface area contributed by atoms with Gasteiger partial charge in [-0.25, -0.2) is 0 Å². The van der Waals surface area contributed by atoms with Gasteiger partial charge in [-0.15, -0.1) is 0 Å². The topological polar surface area (TPSA) is 9.23 Å². The molecule has 0 saturated carbocycles. The van der Waals surface area contributed by atoms with Gasteiger partial charge in [-0.3, -0.25) is 0 Å². The summed E-state index contributed by atoms with van der Waals surface area (Å²) in [4.78, 5) is 0. The van der Waals surface area contributed by atoms with E-state index in [1.54, 1.807) is 11.3 Å². The van der Waals surface area contributed by atoms with Crippen molar-refractivity contribution >= 4 is 53.3 Å². The highest BCUT2D eigenvalue weighted by Crippen LogP contribution is 2.39. The normalized spacial score (nSPS) is 10.8. The first-order chi connectivity index (χ1) is 6.72. The molecule has 0 amide bonds. The maximum Gasteiger partial charge on any atom is 0.174 e. The average Bonchev–Trinajstić information content (AvgIpc) is 2.56. The van der Waals surface area contributed by atoms with E-state index >= 15 is 0 Å². The monoisotopic (exact) mass is 334 g/mol. The highest BCUT2D eigenvalue weighted by molar-refractivity contribution is 9.13. The first-order valence-electron chi connectivity index (χ1n) is 4.22. The van der Waals surface area contributed by atoms with Crippen LogP contribution in [0.3, 0.4) is 0 Å². The summed E-state index contributed by atoms with van der Waals surface area (Å²) in [6.45, 7) is 2.71. The van der Waals surface area contributed by atoms with Gasteiger partial charge < -0.3 is 4.74 Å². The van der Waals surface area contributed by atoms with E-state index < -0.39 is 0 Å². The zero-order chi connectivity index (χ0) is 10.1. The van der Waals surface area contributed by atoms with Crippen molar-refractivity contribution in [2.24, 2.45) is 0 Å². The van der Waals surface area contributed by atoms with Gasteiger partial charge in [-0.05, 0) is 56.3 Å². The minimum absolute atomic E-state index is 0.714. The van der Waals surface area contributed by atoms with Crippen molar-refractivity contribution in [2.75, 3.05) is 6.61 Å². The second-order valence-corrected chi connectivity index (χ2v) is 5.44. The third-order valence-electron chi connectivity index (χ3n) is 1.84. The largest absolute Gasteiger partial charge is 0.484 e. The molecular weight excluding hydrogens is 328 g/mol. The van der Waals surface area contributed by atoms with Gasteiger partial charge in [0.15, 0.2) is 5.06 Å². The molecule has 74 valence electrons. The van der Waals surface area contributed by atoms with Crippen LogP contribution in [0.25, 0.3) is 10.1 Å². The lowest BCUT2D eigenvalue weighted by Crippen LogP contribution is -1.86. The predicted molar refractivity (Wildman–Crippen MR) is 68.4 cm³/mol. The van der Waals surface area contributed by atoms with E-state index in [1.807, 2.05) is 13.0 Å². The molecule has 2 rings (SSSR count). The third-order valence-corrected chi connectivity index (χ3v) is 5.20. The van der Waals surface area contributed by atoms with Crippen molar-refractivity contribution < 1.29 is 4.74 Å². The number of hydrogen-bond donors (Lipinski definition) is 0. The standard InChI is InChI=1S/C10H8Br2OS/c1-2-13-8-5-6-3-4-7(11)9(12)10(6)14-8/h3-5H,2H2,1H3.